The largest absolute Gasteiger partial charge is 0.456 e. The van der Waals surface area contributed by atoms with Crippen LogP contribution in [0.1, 0.15) is 0 Å². The minimum absolute atomic E-state index is 0.866. The summed E-state index contributed by atoms with van der Waals surface area (Å²) in [6, 6.07) is 65.5. The van der Waals surface area contributed by atoms with E-state index in [4.69, 9.17) is 4.42 Å². The van der Waals surface area contributed by atoms with E-state index >= 15 is 0 Å². The second-order valence-electron chi connectivity index (χ2n) is 13.4. The van der Waals surface area contributed by atoms with Gasteiger partial charge in [0, 0.05) is 70.5 Å². The predicted octanol–water partition coefficient (Wildman–Crippen LogP) is 14.2. The van der Waals surface area contributed by atoms with Crippen molar-refractivity contribution in [1.29, 1.82) is 0 Å². The first-order valence-electron chi connectivity index (χ1n) is 17.6. The Bertz CT molecular complexity index is 3130. The van der Waals surface area contributed by atoms with Gasteiger partial charge in [-0.15, -0.1) is 11.3 Å². The average Bonchev–Trinajstić information content (AvgIpc) is 3.87. The Kier molecular flexibility index (Phi) is 6.42. The molecule has 244 valence electrons. The third-order valence-electron chi connectivity index (χ3n) is 10.4. The average molecular weight is 683 g/mol. The summed E-state index contributed by atoms with van der Waals surface area (Å²) in [6.45, 7) is 0. The molecule has 0 aliphatic rings. The molecular formula is C48H30N2OS. The molecule has 0 spiro atoms. The smallest absolute Gasteiger partial charge is 0.137 e. The molecule has 0 bridgehead atoms. The lowest BCUT2D eigenvalue weighted by molar-refractivity contribution is 0.669. The van der Waals surface area contributed by atoms with E-state index in [1.807, 2.05) is 17.4 Å². The molecule has 52 heavy (non-hydrogen) atoms. The van der Waals surface area contributed by atoms with Gasteiger partial charge in [0.15, 0.2) is 0 Å². The quantitative estimate of drug-likeness (QED) is 0.180. The highest BCUT2D eigenvalue weighted by Crippen LogP contribution is 2.44. The van der Waals surface area contributed by atoms with Crippen molar-refractivity contribution in [3.8, 4) is 16.8 Å². The summed E-state index contributed by atoms with van der Waals surface area (Å²) in [5, 5.41) is 7.28. The Morgan fingerprint density at radius 3 is 1.79 bits per heavy atom. The van der Waals surface area contributed by atoms with E-state index in [0.29, 0.717) is 0 Å². The van der Waals surface area contributed by atoms with E-state index < -0.39 is 0 Å². The van der Waals surface area contributed by atoms with Crippen LogP contribution in [0.15, 0.2) is 186 Å². The van der Waals surface area contributed by atoms with Gasteiger partial charge >= 0.3 is 0 Å². The zero-order valence-corrected chi connectivity index (χ0v) is 28.8. The highest BCUT2D eigenvalue weighted by molar-refractivity contribution is 7.25. The summed E-state index contributed by atoms with van der Waals surface area (Å²) in [6.07, 6.45) is 0. The van der Waals surface area contributed by atoms with Gasteiger partial charge in [0.2, 0.25) is 0 Å². The molecule has 0 amide bonds. The third kappa shape index (κ3) is 4.51. The van der Waals surface area contributed by atoms with Gasteiger partial charge in [-0.3, -0.25) is 0 Å². The molecule has 0 radical (unpaired) electrons. The number of anilines is 3. The minimum Gasteiger partial charge on any atom is -0.456 e. The summed E-state index contributed by atoms with van der Waals surface area (Å²) >= 11 is 1.84. The summed E-state index contributed by atoms with van der Waals surface area (Å²) < 4.78 is 11.6. The van der Waals surface area contributed by atoms with Crippen LogP contribution in [0.25, 0.3) is 80.7 Å². The van der Waals surface area contributed by atoms with Crippen LogP contribution >= 0.6 is 11.3 Å². The lowest BCUT2D eigenvalue weighted by Gasteiger charge is -2.26. The molecular weight excluding hydrogens is 653 g/mol. The van der Waals surface area contributed by atoms with Gasteiger partial charge in [0.05, 0.1) is 11.0 Å². The van der Waals surface area contributed by atoms with E-state index in [1.54, 1.807) is 0 Å². The van der Waals surface area contributed by atoms with Crippen LogP contribution in [-0.2, 0) is 0 Å². The number of rotatable bonds is 5. The van der Waals surface area contributed by atoms with Crippen LogP contribution in [0.3, 0.4) is 0 Å². The molecule has 3 aromatic heterocycles. The van der Waals surface area contributed by atoms with Crippen molar-refractivity contribution in [2.45, 2.75) is 0 Å². The number of para-hydroxylation sites is 2. The van der Waals surface area contributed by atoms with Crippen LogP contribution in [0.2, 0.25) is 0 Å². The molecule has 8 aromatic carbocycles. The maximum atomic E-state index is 6.65. The molecule has 0 fully saturated rings. The fraction of sp³-hybridized carbons (Fsp3) is 0. The molecule has 4 heteroatoms. The Morgan fingerprint density at radius 2 is 0.962 bits per heavy atom. The predicted molar refractivity (Wildman–Crippen MR) is 221 cm³/mol. The third-order valence-corrected chi connectivity index (χ3v) is 11.5. The van der Waals surface area contributed by atoms with E-state index in [0.717, 1.165) is 55.8 Å². The van der Waals surface area contributed by atoms with Crippen molar-refractivity contribution in [3.05, 3.63) is 182 Å². The van der Waals surface area contributed by atoms with Gasteiger partial charge in [-0.25, -0.2) is 0 Å². The van der Waals surface area contributed by atoms with Gasteiger partial charge in [-0.1, -0.05) is 103 Å². The van der Waals surface area contributed by atoms with Crippen molar-refractivity contribution in [1.82, 2.24) is 4.57 Å². The molecule has 0 N–H and O–H groups in total. The van der Waals surface area contributed by atoms with E-state index in [2.05, 4.69) is 185 Å². The molecule has 0 saturated heterocycles. The van der Waals surface area contributed by atoms with Crippen LogP contribution in [-0.4, -0.2) is 4.57 Å². The van der Waals surface area contributed by atoms with Crippen LogP contribution in [0, 0.1) is 0 Å². The second kappa shape index (κ2) is 11.5. The zero-order chi connectivity index (χ0) is 34.2. The maximum absolute atomic E-state index is 6.65. The Labute approximate surface area is 303 Å². The van der Waals surface area contributed by atoms with Crippen molar-refractivity contribution in [2.75, 3.05) is 4.90 Å². The fourth-order valence-electron chi connectivity index (χ4n) is 7.97. The number of aromatic nitrogens is 1. The molecule has 0 atom stereocenters. The minimum atomic E-state index is 0.866. The lowest BCUT2D eigenvalue weighted by Crippen LogP contribution is -2.10. The van der Waals surface area contributed by atoms with Crippen molar-refractivity contribution < 1.29 is 4.42 Å². The standard InChI is InChI=1S/C48H30N2OS/c1-3-11-31(12-4-1)32-19-23-39-40-25-21-35(29-46(40)51-45(39)27-32)49(36-22-26-42-41-16-8-10-18-47(41)52-48(42)30-36)34-20-24-38-37-15-7-9-17-43(37)50(44(38)28-34)33-13-5-2-6-14-33/h1-30H. The summed E-state index contributed by atoms with van der Waals surface area (Å²) in [5.74, 6) is 0. The number of hydrogen-bond donors (Lipinski definition) is 0. The first-order valence-corrected chi connectivity index (χ1v) is 18.4. The highest BCUT2D eigenvalue weighted by atomic mass is 32.1. The molecule has 0 unspecified atom stereocenters. The molecule has 3 heterocycles. The lowest BCUT2D eigenvalue weighted by atomic mass is 10.0. The topological polar surface area (TPSA) is 21.3 Å². The first-order chi connectivity index (χ1) is 25.8. The van der Waals surface area contributed by atoms with Gasteiger partial charge < -0.3 is 13.9 Å². The van der Waals surface area contributed by atoms with Gasteiger partial charge in [0.1, 0.15) is 11.2 Å². The second-order valence-corrected chi connectivity index (χ2v) is 14.4. The number of furan rings is 1. The van der Waals surface area contributed by atoms with Crippen molar-refractivity contribution in [3.63, 3.8) is 0 Å². The van der Waals surface area contributed by atoms with Crippen LogP contribution in [0.5, 0.6) is 0 Å². The summed E-state index contributed by atoms with van der Waals surface area (Å²) in [5.41, 5.74) is 10.8. The van der Waals surface area contributed by atoms with Crippen LogP contribution in [0.4, 0.5) is 17.1 Å². The molecule has 0 aliphatic heterocycles. The maximum Gasteiger partial charge on any atom is 0.137 e. The fourth-order valence-corrected chi connectivity index (χ4v) is 9.11. The monoisotopic (exact) mass is 682 g/mol. The Balaban J connectivity index is 1.14. The molecule has 11 aromatic rings. The number of nitrogens with zero attached hydrogens (tertiary/aromatic N) is 2. The first kappa shape index (κ1) is 29.1. The summed E-state index contributed by atoms with van der Waals surface area (Å²) in [7, 11) is 0. The van der Waals surface area contributed by atoms with E-state index in [9.17, 15) is 0 Å². The van der Waals surface area contributed by atoms with Crippen LogP contribution < -0.4 is 4.90 Å². The summed E-state index contributed by atoms with van der Waals surface area (Å²) in [4.78, 5) is 2.37. The molecule has 0 saturated carbocycles. The van der Waals surface area contributed by atoms with Crippen molar-refractivity contribution in [2.24, 2.45) is 0 Å². The Morgan fingerprint density at radius 1 is 0.385 bits per heavy atom. The van der Waals surface area contributed by atoms with Gasteiger partial charge in [-0.2, -0.15) is 0 Å². The number of fused-ring (bicyclic) bond motifs is 9. The zero-order valence-electron chi connectivity index (χ0n) is 28.0. The highest BCUT2D eigenvalue weighted by Gasteiger charge is 2.20. The Hall–Kier alpha value is -6.62. The molecule has 11 rings (SSSR count). The molecule has 3 nitrogen and oxygen atoms in total. The molecule has 0 aliphatic carbocycles. The number of thiophene rings is 1. The SMILES string of the molecule is c1ccc(-c2ccc3c(c2)oc2cc(N(c4ccc5c(c4)sc4ccccc45)c4ccc5c6ccccc6n(-c6ccccc6)c5c4)ccc23)cc1. The van der Waals surface area contributed by atoms with Gasteiger partial charge in [0.25, 0.3) is 0 Å². The van der Waals surface area contributed by atoms with Crippen molar-refractivity contribution >= 4 is 92.3 Å². The van der Waals surface area contributed by atoms with E-state index in [1.165, 1.54) is 42.0 Å². The number of hydrogen-bond acceptors (Lipinski definition) is 3. The van der Waals surface area contributed by atoms with E-state index in [-0.39, 0.29) is 0 Å². The van der Waals surface area contributed by atoms with Gasteiger partial charge in [-0.05, 0) is 83.9 Å². The normalized spacial score (nSPS) is 11.8. The number of benzene rings is 8.